The third-order valence-electron chi connectivity index (χ3n) is 3.15. The third-order valence-corrected chi connectivity index (χ3v) is 3.15. The van der Waals surface area contributed by atoms with Crippen LogP contribution >= 0.6 is 0 Å². The summed E-state index contributed by atoms with van der Waals surface area (Å²) in [5, 5.41) is 10.7. The molecule has 0 aromatic heterocycles. The summed E-state index contributed by atoms with van der Waals surface area (Å²) < 4.78 is 0. The summed E-state index contributed by atoms with van der Waals surface area (Å²) in [4.78, 5) is 14.6. The van der Waals surface area contributed by atoms with Gasteiger partial charge in [-0.15, -0.1) is 0 Å². The molecule has 0 aliphatic heterocycles. The van der Waals surface area contributed by atoms with Crippen molar-refractivity contribution in [3.05, 3.63) is 34.4 Å². The second-order valence-corrected chi connectivity index (χ2v) is 4.77. The van der Waals surface area contributed by atoms with Gasteiger partial charge < -0.3 is 9.80 Å². The van der Waals surface area contributed by atoms with Crippen molar-refractivity contribution < 1.29 is 4.92 Å². The minimum atomic E-state index is -0.364. The minimum absolute atomic E-state index is 0.136. The number of hydrogen-bond acceptors (Lipinski definition) is 4. The van der Waals surface area contributed by atoms with Gasteiger partial charge in [0.25, 0.3) is 5.69 Å². The van der Waals surface area contributed by atoms with Crippen molar-refractivity contribution in [3.63, 3.8) is 0 Å². The van der Waals surface area contributed by atoms with Gasteiger partial charge in [-0.1, -0.05) is 6.07 Å². The summed E-state index contributed by atoms with van der Waals surface area (Å²) in [6.07, 6.45) is 0. The Morgan fingerprint density at radius 3 is 2.50 bits per heavy atom. The van der Waals surface area contributed by atoms with Crippen molar-refractivity contribution in [2.45, 2.75) is 19.9 Å². The zero-order chi connectivity index (χ0) is 13.7. The van der Waals surface area contributed by atoms with Crippen LogP contribution in [0.25, 0.3) is 0 Å². The van der Waals surface area contributed by atoms with Crippen LogP contribution in [0.1, 0.15) is 13.8 Å². The van der Waals surface area contributed by atoms with Gasteiger partial charge in [0.05, 0.1) is 4.92 Å². The highest BCUT2D eigenvalue weighted by atomic mass is 16.6. The molecule has 1 aromatic carbocycles. The number of benzene rings is 1. The first-order valence-corrected chi connectivity index (χ1v) is 6.07. The van der Waals surface area contributed by atoms with Crippen LogP contribution in [-0.2, 0) is 0 Å². The van der Waals surface area contributed by atoms with Crippen LogP contribution in [0.3, 0.4) is 0 Å². The van der Waals surface area contributed by atoms with Gasteiger partial charge in [-0.2, -0.15) is 0 Å². The summed E-state index contributed by atoms with van der Waals surface area (Å²) in [5.74, 6) is 0. The van der Waals surface area contributed by atoms with Crippen molar-refractivity contribution in [1.82, 2.24) is 4.90 Å². The van der Waals surface area contributed by atoms with Crippen LogP contribution in [0.5, 0.6) is 0 Å². The van der Waals surface area contributed by atoms with Gasteiger partial charge in [0, 0.05) is 44.0 Å². The molecule has 0 fully saturated rings. The van der Waals surface area contributed by atoms with Crippen LogP contribution in [-0.4, -0.2) is 43.0 Å². The molecule has 0 saturated carbocycles. The van der Waals surface area contributed by atoms with Gasteiger partial charge in [0.15, 0.2) is 0 Å². The monoisotopic (exact) mass is 251 g/mol. The highest BCUT2D eigenvalue weighted by Gasteiger charge is 2.09. The summed E-state index contributed by atoms with van der Waals surface area (Å²) in [6.45, 7) is 6.06. The highest BCUT2D eigenvalue weighted by Crippen LogP contribution is 2.19. The fourth-order valence-electron chi connectivity index (χ4n) is 1.54. The number of rotatable bonds is 6. The van der Waals surface area contributed by atoms with Crippen LogP contribution in [0, 0.1) is 10.1 Å². The molecule has 1 rings (SSSR count). The molecule has 0 unspecified atom stereocenters. The van der Waals surface area contributed by atoms with Crippen LogP contribution < -0.4 is 4.90 Å². The maximum absolute atomic E-state index is 10.7. The molecule has 0 amide bonds. The lowest BCUT2D eigenvalue weighted by molar-refractivity contribution is -0.384. The molecule has 0 aliphatic carbocycles. The predicted molar refractivity (Wildman–Crippen MR) is 74.1 cm³/mol. The quantitative estimate of drug-likeness (QED) is 0.575. The summed E-state index contributed by atoms with van der Waals surface area (Å²) in [5.41, 5.74) is 1.01. The van der Waals surface area contributed by atoms with E-state index in [-0.39, 0.29) is 10.6 Å². The van der Waals surface area contributed by atoms with Gasteiger partial charge in [-0.05, 0) is 27.0 Å². The first-order valence-electron chi connectivity index (χ1n) is 6.07. The molecular formula is C13H21N3O2. The summed E-state index contributed by atoms with van der Waals surface area (Å²) >= 11 is 0. The van der Waals surface area contributed by atoms with E-state index in [1.54, 1.807) is 12.1 Å². The SMILES string of the molecule is CC(C)N(C)CCN(C)c1cccc([N+](=O)[O-])c1. The Morgan fingerprint density at radius 2 is 1.94 bits per heavy atom. The normalized spacial score (nSPS) is 11.0. The Balaban J connectivity index is 2.64. The van der Waals surface area contributed by atoms with Crippen molar-refractivity contribution >= 4 is 11.4 Å². The van der Waals surface area contributed by atoms with Gasteiger partial charge in [0.2, 0.25) is 0 Å². The Kier molecular flexibility index (Phi) is 5.09. The molecular weight excluding hydrogens is 230 g/mol. The first-order chi connectivity index (χ1) is 8.41. The topological polar surface area (TPSA) is 49.6 Å². The predicted octanol–water partition coefficient (Wildman–Crippen LogP) is 2.37. The van der Waals surface area contributed by atoms with Crippen LogP contribution in [0.2, 0.25) is 0 Å². The van der Waals surface area contributed by atoms with Gasteiger partial charge >= 0.3 is 0 Å². The molecule has 0 radical (unpaired) electrons. The molecule has 0 saturated heterocycles. The maximum Gasteiger partial charge on any atom is 0.271 e. The average molecular weight is 251 g/mol. The Bertz CT molecular complexity index is 407. The lowest BCUT2D eigenvalue weighted by Gasteiger charge is -2.25. The van der Waals surface area contributed by atoms with E-state index >= 15 is 0 Å². The molecule has 0 spiro atoms. The van der Waals surface area contributed by atoms with Crippen molar-refractivity contribution in [1.29, 1.82) is 0 Å². The van der Waals surface area contributed by atoms with E-state index in [0.29, 0.717) is 6.04 Å². The van der Waals surface area contributed by atoms with Gasteiger partial charge in [-0.3, -0.25) is 10.1 Å². The molecule has 18 heavy (non-hydrogen) atoms. The first kappa shape index (κ1) is 14.4. The maximum atomic E-state index is 10.7. The molecule has 100 valence electrons. The summed E-state index contributed by atoms with van der Waals surface area (Å²) in [7, 11) is 4.03. The van der Waals surface area contributed by atoms with Crippen LogP contribution in [0.15, 0.2) is 24.3 Å². The standard InChI is InChI=1S/C13H21N3O2/c1-11(2)14(3)8-9-15(4)12-6-5-7-13(10-12)16(17)18/h5-7,10-11H,8-9H2,1-4H3. The van der Waals surface area contributed by atoms with Gasteiger partial charge in [0.1, 0.15) is 0 Å². The number of nitro benzene ring substituents is 1. The van der Waals surface area contributed by atoms with E-state index in [9.17, 15) is 10.1 Å². The average Bonchev–Trinajstić information content (AvgIpc) is 2.35. The largest absolute Gasteiger partial charge is 0.373 e. The fourth-order valence-corrected chi connectivity index (χ4v) is 1.54. The van der Waals surface area contributed by atoms with E-state index in [1.807, 2.05) is 18.0 Å². The zero-order valence-electron chi connectivity index (χ0n) is 11.5. The number of nitrogens with zero attached hydrogens (tertiary/aromatic N) is 3. The van der Waals surface area contributed by atoms with E-state index in [2.05, 4.69) is 25.8 Å². The second-order valence-electron chi connectivity index (χ2n) is 4.77. The van der Waals surface area contributed by atoms with Crippen LogP contribution in [0.4, 0.5) is 11.4 Å². The molecule has 0 aliphatic rings. The van der Waals surface area contributed by atoms with Crippen molar-refractivity contribution in [3.8, 4) is 0 Å². The summed E-state index contributed by atoms with van der Waals surface area (Å²) in [6, 6.07) is 7.23. The molecule has 0 atom stereocenters. The molecule has 5 nitrogen and oxygen atoms in total. The van der Waals surface area contributed by atoms with E-state index in [4.69, 9.17) is 0 Å². The fraction of sp³-hybridized carbons (Fsp3) is 0.538. The number of likely N-dealkylation sites (N-methyl/N-ethyl adjacent to an activating group) is 2. The molecule has 1 aromatic rings. The minimum Gasteiger partial charge on any atom is -0.373 e. The second kappa shape index (κ2) is 6.35. The Labute approximate surface area is 108 Å². The lowest BCUT2D eigenvalue weighted by Crippen LogP contribution is -2.34. The number of nitro groups is 1. The lowest BCUT2D eigenvalue weighted by atomic mass is 10.2. The third kappa shape index (κ3) is 4.00. The molecule has 0 bridgehead atoms. The molecule has 0 heterocycles. The van der Waals surface area contributed by atoms with E-state index in [1.165, 1.54) is 6.07 Å². The number of anilines is 1. The zero-order valence-corrected chi connectivity index (χ0v) is 11.5. The Hall–Kier alpha value is -1.62. The molecule has 0 N–H and O–H groups in total. The van der Waals surface area contributed by atoms with Crippen molar-refractivity contribution in [2.24, 2.45) is 0 Å². The molecule has 5 heteroatoms. The van der Waals surface area contributed by atoms with Gasteiger partial charge in [-0.25, -0.2) is 0 Å². The van der Waals surface area contributed by atoms with E-state index < -0.39 is 0 Å². The van der Waals surface area contributed by atoms with Crippen molar-refractivity contribution in [2.75, 3.05) is 32.1 Å². The smallest absolute Gasteiger partial charge is 0.271 e. The highest BCUT2D eigenvalue weighted by molar-refractivity contribution is 5.52. The number of non-ortho nitro benzene ring substituents is 1. The number of hydrogen-bond donors (Lipinski definition) is 0. The Morgan fingerprint density at radius 1 is 1.28 bits per heavy atom. The van der Waals surface area contributed by atoms with E-state index in [0.717, 1.165) is 18.8 Å².